The van der Waals surface area contributed by atoms with Gasteiger partial charge in [0.25, 0.3) is 5.91 Å². The molecule has 3 aromatic carbocycles. The summed E-state index contributed by atoms with van der Waals surface area (Å²) in [6.45, 7) is 0.329. The third-order valence-electron chi connectivity index (χ3n) is 5.96. The van der Waals surface area contributed by atoms with Gasteiger partial charge in [-0.15, -0.1) is 0 Å². The molecule has 0 fully saturated rings. The second kappa shape index (κ2) is 9.73. The van der Waals surface area contributed by atoms with E-state index in [0.717, 1.165) is 5.56 Å². The van der Waals surface area contributed by atoms with Crippen LogP contribution in [0.25, 0.3) is 0 Å². The van der Waals surface area contributed by atoms with E-state index in [-0.39, 0.29) is 16.5 Å². The van der Waals surface area contributed by atoms with E-state index in [1.807, 2.05) is 6.07 Å². The third kappa shape index (κ3) is 4.19. The molecule has 8 heteroatoms. The monoisotopic (exact) mass is 483 g/mol. The molecule has 4 rings (SSSR count). The molecule has 1 amide bonds. The molecule has 6 nitrogen and oxygen atoms in total. The Morgan fingerprint density at radius 1 is 0.971 bits per heavy atom. The maximum atomic E-state index is 15.1. The van der Waals surface area contributed by atoms with Gasteiger partial charge in [0.05, 0.1) is 32.9 Å². The normalized spacial score (nSPS) is 14.9. The van der Waals surface area contributed by atoms with Gasteiger partial charge in [-0.25, -0.2) is 9.18 Å². The number of hydrogen-bond donors (Lipinski definition) is 0. The molecule has 1 atom stereocenters. The SMILES string of the molecule is COC(=O)c1ccc(C(=O)N2CCc3cc(OC)c(OC)cc3[C@H]2c2c(F)cccc2Cl)cc1. The van der Waals surface area contributed by atoms with Crippen LogP contribution in [0.2, 0.25) is 5.02 Å². The summed E-state index contributed by atoms with van der Waals surface area (Å²) in [6, 6.07) is 13.4. The number of benzene rings is 3. The largest absolute Gasteiger partial charge is 0.493 e. The third-order valence-corrected chi connectivity index (χ3v) is 6.29. The van der Waals surface area contributed by atoms with E-state index in [1.165, 1.54) is 38.5 Å². The molecule has 0 radical (unpaired) electrons. The van der Waals surface area contributed by atoms with Gasteiger partial charge in [0.15, 0.2) is 11.5 Å². The van der Waals surface area contributed by atoms with E-state index in [0.29, 0.717) is 41.2 Å². The quantitative estimate of drug-likeness (QED) is 0.474. The molecule has 1 aliphatic heterocycles. The lowest BCUT2D eigenvalue weighted by atomic mass is 9.86. The molecular formula is C26H23ClFNO5. The van der Waals surface area contributed by atoms with E-state index in [4.69, 9.17) is 25.8 Å². The number of carbonyl (C=O) groups is 2. The highest BCUT2D eigenvalue weighted by Crippen LogP contribution is 2.44. The average molecular weight is 484 g/mol. The Morgan fingerprint density at radius 3 is 2.24 bits per heavy atom. The summed E-state index contributed by atoms with van der Waals surface area (Å²) < 4.78 is 30.8. The van der Waals surface area contributed by atoms with Gasteiger partial charge in [-0.05, 0) is 66.1 Å². The average Bonchev–Trinajstić information content (AvgIpc) is 2.86. The number of rotatable bonds is 5. The summed E-state index contributed by atoms with van der Waals surface area (Å²) in [5.74, 6) is -0.309. The van der Waals surface area contributed by atoms with E-state index < -0.39 is 17.8 Å². The molecule has 176 valence electrons. The molecule has 0 bridgehead atoms. The highest BCUT2D eigenvalue weighted by atomic mass is 35.5. The highest BCUT2D eigenvalue weighted by Gasteiger charge is 2.36. The molecular weight excluding hydrogens is 461 g/mol. The Bertz CT molecular complexity index is 1220. The number of amides is 1. The standard InChI is InChI=1S/C26H23ClFNO5/c1-32-21-13-17-11-12-29(25(30)15-7-9-16(10-8-15)26(31)34-3)24(18(17)14-22(21)33-2)23-19(27)5-4-6-20(23)28/h4-10,13-14,24H,11-12H2,1-3H3/t24-/m0/s1. The van der Waals surface area contributed by atoms with Crippen molar-refractivity contribution >= 4 is 23.5 Å². The van der Waals surface area contributed by atoms with Crippen LogP contribution in [0, 0.1) is 5.82 Å². The first-order valence-electron chi connectivity index (χ1n) is 10.6. The van der Waals surface area contributed by atoms with Crippen LogP contribution in [0.1, 0.15) is 43.4 Å². The Labute approximate surface area is 201 Å². The second-order valence-electron chi connectivity index (χ2n) is 7.76. The summed E-state index contributed by atoms with van der Waals surface area (Å²) in [4.78, 5) is 27.0. The lowest BCUT2D eigenvalue weighted by Gasteiger charge is -2.38. The molecule has 1 heterocycles. The van der Waals surface area contributed by atoms with Crippen molar-refractivity contribution in [2.24, 2.45) is 0 Å². The van der Waals surface area contributed by atoms with Gasteiger partial charge in [-0.2, -0.15) is 0 Å². The second-order valence-corrected chi connectivity index (χ2v) is 8.17. The fraction of sp³-hybridized carbons (Fsp3) is 0.231. The van der Waals surface area contributed by atoms with Gasteiger partial charge in [-0.1, -0.05) is 17.7 Å². The zero-order valence-electron chi connectivity index (χ0n) is 18.9. The number of methoxy groups -OCH3 is 3. The van der Waals surface area contributed by atoms with Crippen molar-refractivity contribution in [3.63, 3.8) is 0 Å². The van der Waals surface area contributed by atoms with E-state index in [2.05, 4.69) is 0 Å². The molecule has 0 saturated carbocycles. The van der Waals surface area contributed by atoms with Crippen LogP contribution in [0.3, 0.4) is 0 Å². The lowest BCUT2D eigenvalue weighted by molar-refractivity contribution is 0.0599. The molecule has 0 aliphatic carbocycles. The van der Waals surface area contributed by atoms with Crippen molar-refractivity contribution < 1.29 is 28.2 Å². The minimum absolute atomic E-state index is 0.205. The van der Waals surface area contributed by atoms with E-state index in [1.54, 1.807) is 36.3 Å². The van der Waals surface area contributed by atoms with Crippen LogP contribution >= 0.6 is 11.6 Å². The van der Waals surface area contributed by atoms with Gasteiger partial charge in [0.1, 0.15) is 5.82 Å². The van der Waals surface area contributed by atoms with Gasteiger partial charge in [0, 0.05) is 22.7 Å². The summed E-state index contributed by atoms with van der Waals surface area (Å²) in [5.41, 5.74) is 2.50. The Morgan fingerprint density at radius 2 is 1.62 bits per heavy atom. The maximum absolute atomic E-state index is 15.1. The van der Waals surface area contributed by atoms with Gasteiger partial charge in [-0.3, -0.25) is 4.79 Å². The van der Waals surface area contributed by atoms with Crippen molar-refractivity contribution in [1.82, 2.24) is 4.90 Å². The molecule has 0 saturated heterocycles. The van der Waals surface area contributed by atoms with Crippen LogP contribution in [0.4, 0.5) is 4.39 Å². The number of halogens is 2. The minimum atomic E-state index is -0.787. The lowest BCUT2D eigenvalue weighted by Crippen LogP contribution is -2.41. The first kappa shape index (κ1) is 23.6. The van der Waals surface area contributed by atoms with Crippen molar-refractivity contribution in [2.45, 2.75) is 12.5 Å². The summed E-state index contributed by atoms with van der Waals surface area (Å²) >= 11 is 6.46. The van der Waals surface area contributed by atoms with Gasteiger partial charge in [0.2, 0.25) is 0 Å². The molecule has 0 unspecified atom stereocenters. The summed E-state index contributed by atoms with van der Waals surface area (Å²) in [7, 11) is 4.36. The van der Waals surface area contributed by atoms with Crippen LogP contribution in [0.15, 0.2) is 54.6 Å². The zero-order valence-corrected chi connectivity index (χ0v) is 19.7. The first-order chi connectivity index (χ1) is 16.4. The maximum Gasteiger partial charge on any atom is 0.337 e. The number of fused-ring (bicyclic) bond motifs is 1. The molecule has 34 heavy (non-hydrogen) atoms. The van der Waals surface area contributed by atoms with Crippen molar-refractivity contribution in [3.8, 4) is 11.5 Å². The smallest absolute Gasteiger partial charge is 0.337 e. The Balaban J connectivity index is 1.84. The zero-order chi connectivity index (χ0) is 24.4. The molecule has 0 N–H and O–H groups in total. The van der Waals surface area contributed by atoms with Gasteiger partial charge < -0.3 is 19.1 Å². The molecule has 0 spiro atoms. The topological polar surface area (TPSA) is 65.1 Å². The fourth-order valence-corrected chi connectivity index (χ4v) is 4.55. The van der Waals surface area contributed by atoms with Gasteiger partial charge >= 0.3 is 5.97 Å². The predicted molar refractivity (Wildman–Crippen MR) is 125 cm³/mol. The molecule has 3 aromatic rings. The fourth-order valence-electron chi connectivity index (χ4n) is 4.28. The van der Waals surface area contributed by atoms with Crippen molar-refractivity contribution in [3.05, 3.63) is 93.3 Å². The molecule has 0 aromatic heterocycles. The summed E-state index contributed by atoms with van der Waals surface area (Å²) in [6.07, 6.45) is 0.532. The Hall–Kier alpha value is -3.58. The van der Waals surface area contributed by atoms with Crippen LogP contribution in [-0.4, -0.2) is 44.7 Å². The van der Waals surface area contributed by atoms with E-state index in [9.17, 15) is 9.59 Å². The Kier molecular flexibility index (Phi) is 6.75. The molecule has 1 aliphatic rings. The van der Waals surface area contributed by atoms with Crippen molar-refractivity contribution in [2.75, 3.05) is 27.9 Å². The summed E-state index contributed by atoms with van der Waals surface area (Å²) in [5, 5.41) is 0.214. The first-order valence-corrected chi connectivity index (χ1v) is 11.0. The number of hydrogen-bond acceptors (Lipinski definition) is 5. The van der Waals surface area contributed by atoms with Crippen LogP contribution in [-0.2, 0) is 11.2 Å². The number of nitrogens with zero attached hydrogens (tertiary/aromatic N) is 1. The van der Waals surface area contributed by atoms with Crippen LogP contribution in [0.5, 0.6) is 11.5 Å². The van der Waals surface area contributed by atoms with Crippen molar-refractivity contribution in [1.29, 1.82) is 0 Å². The highest BCUT2D eigenvalue weighted by molar-refractivity contribution is 6.31. The number of esters is 1. The predicted octanol–water partition coefficient (Wildman–Crippen LogP) is 5.07. The van der Waals surface area contributed by atoms with E-state index >= 15 is 4.39 Å². The van der Waals surface area contributed by atoms with Crippen LogP contribution < -0.4 is 9.47 Å². The number of ether oxygens (including phenoxy) is 3. The minimum Gasteiger partial charge on any atom is -0.493 e. The number of carbonyl (C=O) groups excluding carboxylic acids is 2.